The van der Waals surface area contributed by atoms with E-state index in [0.29, 0.717) is 0 Å². The number of ether oxygens (including phenoxy) is 7. The third-order valence-corrected chi connectivity index (χ3v) is 16.2. The first kappa shape index (κ1) is 82.0. The molecule has 0 aromatic heterocycles. The fourth-order valence-electron chi connectivity index (χ4n) is 8.82. The summed E-state index contributed by atoms with van der Waals surface area (Å²) in [5.41, 5.74) is 0. The predicted octanol–water partition coefficient (Wildman–Crippen LogP) is -0.597. The van der Waals surface area contributed by atoms with Crippen LogP contribution in [0.25, 0.3) is 0 Å². The smallest absolute Gasteiger partial charge is 0.395 e. The average molecular weight is 1270 g/mol. The first-order valence-electron chi connectivity index (χ1n) is 27.6. The van der Waals surface area contributed by atoms with Gasteiger partial charge in [-0.1, -0.05) is 43.1 Å². The Hall–Kier alpha value is -2.01. The van der Waals surface area contributed by atoms with E-state index in [-0.39, 0.29) is 152 Å². The Morgan fingerprint density at radius 2 is 0.750 bits per heavy atom. The number of carbonyl (C=O) groups is 3. The summed E-state index contributed by atoms with van der Waals surface area (Å²) >= 11 is 0. The summed E-state index contributed by atoms with van der Waals surface area (Å²) in [6.07, 6.45) is -13.5. The highest BCUT2D eigenvalue weighted by Crippen LogP contribution is 2.44. The van der Waals surface area contributed by atoms with Gasteiger partial charge < -0.3 is 113 Å². The monoisotopic (exact) mass is 1270 g/mol. The van der Waals surface area contributed by atoms with Gasteiger partial charge in [0.05, 0.1) is 104 Å². The maximum Gasteiger partial charge on any atom is 0.472 e. The van der Waals surface area contributed by atoms with Crippen molar-refractivity contribution < 1.29 is 131 Å². The maximum absolute atomic E-state index is 13.6. The summed E-state index contributed by atoms with van der Waals surface area (Å²) in [4.78, 5) is 54.4. The third-order valence-electron chi connectivity index (χ3n) is 13.9. The van der Waals surface area contributed by atoms with Crippen LogP contribution in [-0.4, -0.2) is 294 Å². The molecule has 3 aliphatic heterocycles. The van der Waals surface area contributed by atoms with Crippen molar-refractivity contribution in [2.75, 3.05) is 125 Å². The minimum Gasteiger partial charge on any atom is -0.395 e. The van der Waals surface area contributed by atoms with E-state index in [4.69, 9.17) is 51.3 Å². The molecule has 3 fully saturated rings. The van der Waals surface area contributed by atoms with Gasteiger partial charge in [-0.25, -0.2) is 4.57 Å². The Kier molecular flexibility index (Phi) is 41.1. The number of phosphoric ester groups is 1. The van der Waals surface area contributed by atoms with Crippen LogP contribution in [0, 0.1) is 17.8 Å². The normalized spacial score (nSPS) is 29.3. The van der Waals surface area contributed by atoms with Crippen LogP contribution in [-0.2, 0) is 74.8 Å². The lowest BCUT2D eigenvalue weighted by Crippen LogP contribution is -2.55. The minimum atomic E-state index is -4.82. The number of carbonyl (C=O) groups excluding carboxylic acids is 3. The minimum absolute atomic E-state index is 0. The molecule has 32 heteroatoms. The Morgan fingerprint density at radius 1 is 0.464 bits per heavy atom. The van der Waals surface area contributed by atoms with E-state index < -0.39 is 158 Å². The molecule has 0 saturated carbocycles. The van der Waals surface area contributed by atoms with Crippen LogP contribution in [0.2, 0.25) is 0 Å². The first-order valence-corrected chi connectivity index (χ1v) is 31.1. The third kappa shape index (κ3) is 27.8. The highest BCUT2D eigenvalue weighted by molar-refractivity contribution is 7.52. The summed E-state index contributed by atoms with van der Waals surface area (Å²) in [6.45, 7) is 5.40. The van der Waals surface area contributed by atoms with E-state index >= 15 is 0 Å². The zero-order valence-corrected chi connectivity index (χ0v) is 49.2. The van der Waals surface area contributed by atoms with Crippen LogP contribution in [0.15, 0.2) is 0 Å². The van der Waals surface area contributed by atoms with E-state index in [0.717, 1.165) is 0 Å². The molecule has 500 valence electrons. The summed E-state index contributed by atoms with van der Waals surface area (Å²) in [5.74, 6) is -3.20. The quantitative estimate of drug-likeness (QED) is 0.0270. The van der Waals surface area contributed by atoms with Crippen molar-refractivity contribution in [2.24, 2.45) is 17.8 Å². The molecule has 8 unspecified atom stereocenters. The molecule has 0 spiro atoms. The van der Waals surface area contributed by atoms with Crippen LogP contribution < -0.4 is 0 Å². The summed E-state index contributed by atoms with van der Waals surface area (Å²) < 4.78 is 87.5. The first-order chi connectivity index (χ1) is 38.3. The van der Waals surface area contributed by atoms with Gasteiger partial charge in [0.2, 0.25) is 17.7 Å². The van der Waals surface area contributed by atoms with Crippen LogP contribution in [0.1, 0.15) is 95.4 Å². The molecule has 0 radical (unpaired) electrons. The lowest BCUT2D eigenvalue weighted by molar-refractivity contribution is -0.282. The van der Waals surface area contributed by atoms with E-state index in [1.54, 1.807) is 20.8 Å². The summed E-state index contributed by atoms with van der Waals surface area (Å²) in [7, 11) is -8.66. The van der Waals surface area contributed by atoms with E-state index in [1.165, 1.54) is 21.4 Å². The molecule has 84 heavy (non-hydrogen) atoms. The number of nitrogens with zero attached hydrogens (tertiary/aromatic N) is 3. The number of aliphatic hydroxyl groups excluding tert-OH is 10. The number of aliphatic hydroxyl groups is 10. The number of phosphoric acid groups is 1. The van der Waals surface area contributed by atoms with Gasteiger partial charge in [0.1, 0.15) is 36.6 Å². The van der Waals surface area contributed by atoms with Gasteiger partial charge >= 0.3 is 15.4 Å². The van der Waals surface area contributed by atoms with E-state index in [2.05, 4.69) is 0 Å². The largest absolute Gasteiger partial charge is 0.472 e. The van der Waals surface area contributed by atoms with Crippen molar-refractivity contribution in [3.8, 4) is 0 Å². The van der Waals surface area contributed by atoms with Gasteiger partial charge in [-0.2, -0.15) is 0 Å². The fourth-order valence-corrected chi connectivity index (χ4v) is 10.4. The second-order valence-corrected chi connectivity index (χ2v) is 24.0. The molecule has 17 atom stereocenters. The van der Waals surface area contributed by atoms with Gasteiger partial charge in [0, 0.05) is 82.9 Å². The van der Waals surface area contributed by atoms with Crippen LogP contribution in [0.5, 0.6) is 0 Å². The van der Waals surface area contributed by atoms with Gasteiger partial charge in [-0.3, -0.25) is 28.0 Å². The number of hydrogen-bond acceptors (Lipinski definition) is 26. The summed E-state index contributed by atoms with van der Waals surface area (Å²) in [6, 6.07) is 0. The number of hydrogen-bond donors (Lipinski definition) is 11. The lowest BCUT2D eigenvalue weighted by Gasteiger charge is -2.40. The maximum atomic E-state index is 13.6. The molecule has 0 aromatic rings. The van der Waals surface area contributed by atoms with E-state index in [9.17, 15) is 79.5 Å². The van der Waals surface area contributed by atoms with Crippen LogP contribution in [0.4, 0.5) is 0 Å². The SMILES string of the molecule is C.C.C.CC(C)OCCN(CCOP(C)(=O)OCCN(CCOP(=O)(O)OCCN(CCO)C(=O)CCCO[C@@H]1OC(CO)[C@H](O)[C@H](O)C1C)C(=O)CCCO[C@@H]1OC(CO)[C@H](O)[C@H](O)C1C)C(=O)CCCO[C@@H]1OC(CO)[C@H](O)[C@H](O)C1C. The molecular weight excluding hydrogens is 1160 g/mol. The Morgan fingerprint density at radius 3 is 1.04 bits per heavy atom. The number of rotatable bonds is 40. The molecule has 3 saturated heterocycles. The molecule has 3 amide bonds. The van der Waals surface area contributed by atoms with Gasteiger partial charge in [-0.15, -0.1) is 0 Å². The second-order valence-electron chi connectivity index (χ2n) is 20.5. The lowest BCUT2D eigenvalue weighted by atomic mass is 9.92. The highest BCUT2D eigenvalue weighted by Gasteiger charge is 2.45. The van der Waals surface area contributed by atoms with Crippen molar-refractivity contribution in [1.82, 2.24) is 14.7 Å². The van der Waals surface area contributed by atoms with Gasteiger partial charge in [0.25, 0.3) is 0 Å². The Bertz CT molecular complexity index is 1900. The standard InChI is InChI=1S/C49H93N3O27P2.3CH4/c1-31(2)69-23-14-51(39(58)11-8-21-71-48-33(4)42(61)45(64)36(29-55)78-48)15-24-73-80(6,66)74-25-16-52(40(59)12-9-22-72-49-34(5)43(62)46(65)37(30-56)79-49)18-27-76-81(67,68)75-26-17-50(13-19-53)38(57)10-7-20-70-47-32(3)41(60)44(63)35(28-54)77-47;;;/h31-37,41-49,53-56,60-65H,7-30H2,1-6H3,(H,67,68);3*1H4/t32?,33?,34?,35?,36?,37?,41-,42-,43-,44+,45+,46+,47-,48-,49-,80?;;;/m1.../s1. The van der Waals surface area contributed by atoms with Gasteiger partial charge in [0.15, 0.2) is 18.9 Å². The van der Waals surface area contributed by atoms with Crippen molar-refractivity contribution in [3.05, 3.63) is 0 Å². The molecule has 3 aliphatic rings. The molecule has 0 bridgehead atoms. The van der Waals surface area contributed by atoms with Crippen molar-refractivity contribution >= 4 is 33.1 Å². The van der Waals surface area contributed by atoms with Crippen LogP contribution in [0.3, 0.4) is 0 Å². The molecule has 11 N–H and O–H groups in total. The molecule has 3 heterocycles. The second kappa shape index (κ2) is 42.1. The Balaban J connectivity index is 0.0000230. The topological polar surface area (TPSA) is 419 Å². The molecular formula is C52H105N3O27P2. The van der Waals surface area contributed by atoms with E-state index in [1.807, 2.05) is 13.8 Å². The fraction of sp³-hybridized carbons (Fsp3) is 0.942. The van der Waals surface area contributed by atoms with Crippen molar-refractivity contribution in [1.29, 1.82) is 0 Å². The molecule has 3 rings (SSSR count). The highest BCUT2D eigenvalue weighted by atomic mass is 31.2. The van der Waals surface area contributed by atoms with Crippen LogP contribution >= 0.6 is 15.4 Å². The Labute approximate surface area is 495 Å². The van der Waals surface area contributed by atoms with Crippen molar-refractivity contribution in [2.45, 2.75) is 175 Å². The molecule has 0 aromatic carbocycles. The average Bonchev–Trinajstić information content (AvgIpc) is 3.28. The zero-order valence-electron chi connectivity index (χ0n) is 47.4. The van der Waals surface area contributed by atoms with Crippen molar-refractivity contribution in [3.63, 3.8) is 0 Å². The molecule has 0 aliphatic carbocycles. The summed E-state index contributed by atoms with van der Waals surface area (Å²) in [5, 5.41) is 99.5. The molecule has 30 nitrogen and oxygen atoms in total. The van der Waals surface area contributed by atoms with Gasteiger partial charge in [-0.05, 0) is 33.1 Å². The predicted molar refractivity (Wildman–Crippen MR) is 302 cm³/mol. The number of amides is 3. The zero-order chi connectivity index (χ0) is 60.5.